The molecule has 9 heavy (non-hydrogen) atoms. The van der Waals surface area contributed by atoms with Crippen molar-refractivity contribution in [3.05, 3.63) is 0 Å². The van der Waals surface area contributed by atoms with Gasteiger partial charge in [0.25, 0.3) is 0 Å². The second kappa shape index (κ2) is 2.67. The van der Waals surface area contributed by atoms with Crippen LogP contribution in [0, 0.1) is 5.92 Å². The third-order valence-corrected chi connectivity index (χ3v) is 2.05. The predicted octanol–water partition coefficient (Wildman–Crippen LogP) is 0.792. The van der Waals surface area contributed by atoms with Crippen LogP contribution in [0.4, 0.5) is 0 Å². The highest BCUT2D eigenvalue weighted by Crippen LogP contribution is 2.24. The molecular formula is C7H14O2. The molecule has 0 aliphatic carbocycles. The third-order valence-electron chi connectivity index (χ3n) is 2.05. The largest absolute Gasteiger partial charge is 0.394 e. The third kappa shape index (κ3) is 1.43. The van der Waals surface area contributed by atoms with Crippen molar-refractivity contribution in [3.63, 3.8) is 0 Å². The van der Waals surface area contributed by atoms with E-state index >= 15 is 0 Å². The van der Waals surface area contributed by atoms with Crippen LogP contribution in [0.5, 0.6) is 0 Å². The zero-order chi connectivity index (χ0) is 6.85. The Morgan fingerprint density at radius 3 is 2.44 bits per heavy atom. The van der Waals surface area contributed by atoms with Crippen molar-refractivity contribution >= 4 is 0 Å². The van der Waals surface area contributed by atoms with Crippen LogP contribution < -0.4 is 0 Å². The molecular weight excluding hydrogens is 116 g/mol. The van der Waals surface area contributed by atoms with E-state index < -0.39 is 0 Å². The summed E-state index contributed by atoms with van der Waals surface area (Å²) in [4.78, 5) is 0. The Bertz CT molecular complexity index is 82.9. The van der Waals surface area contributed by atoms with Crippen LogP contribution in [-0.4, -0.2) is 23.9 Å². The molecule has 1 aliphatic rings. The van der Waals surface area contributed by atoms with Crippen LogP contribution in [0.15, 0.2) is 0 Å². The molecule has 1 rings (SSSR count). The molecule has 0 aromatic carbocycles. The van der Waals surface area contributed by atoms with Crippen molar-refractivity contribution in [2.45, 2.75) is 32.5 Å². The lowest BCUT2D eigenvalue weighted by Gasteiger charge is -2.06. The zero-order valence-electron chi connectivity index (χ0n) is 6.00. The van der Waals surface area contributed by atoms with Crippen molar-refractivity contribution < 1.29 is 9.84 Å². The summed E-state index contributed by atoms with van der Waals surface area (Å²) in [5.41, 5.74) is 0. The Balaban J connectivity index is 2.35. The van der Waals surface area contributed by atoms with Gasteiger partial charge >= 0.3 is 0 Å². The van der Waals surface area contributed by atoms with E-state index in [-0.39, 0.29) is 12.7 Å². The Hall–Kier alpha value is -0.0800. The van der Waals surface area contributed by atoms with Gasteiger partial charge in [-0.05, 0) is 19.3 Å². The van der Waals surface area contributed by atoms with Crippen LogP contribution >= 0.6 is 0 Å². The van der Waals surface area contributed by atoms with Gasteiger partial charge in [0.2, 0.25) is 0 Å². The highest BCUT2D eigenvalue weighted by atomic mass is 16.5. The quantitative estimate of drug-likeness (QED) is 0.568. The molecule has 0 aromatic rings. The smallest absolute Gasteiger partial charge is 0.0813 e. The number of aliphatic hydroxyl groups is 1. The summed E-state index contributed by atoms with van der Waals surface area (Å²) < 4.78 is 5.37. The molecule has 2 nitrogen and oxygen atoms in total. The molecule has 1 fully saturated rings. The molecule has 54 valence electrons. The molecule has 3 unspecified atom stereocenters. The topological polar surface area (TPSA) is 29.5 Å². The minimum absolute atomic E-state index is 0.106. The highest BCUT2D eigenvalue weighted by molar-refractivity contribution is 4.75. The first kappa shape index (κ1) is 7.03. The molecule has 0 aromatic heterocycles. The fourth-order valence-corrected chi connectivity index (χ4v) is 1.22. The van der Waals surface area contributed by atoms with Gasteiger partial charge in [-0.1, -0.05) is 6.92 Å². The van der Waals surface area contributed by atoms with Gasteiger partial charge in [0.1, 0.15) is 0 Å². The van der Waals surface area contributed by atoms with Gasteiger partial charge in [0.15, 0.2) is 0 Å². The molecule has 1 N–H and O–H groups in total. The van der Waals surface area contributed by atoms with E-state index in [2.05, 4.69) is 13.8 Å². The molecule has 0 bridgehead atoms. The molecule has 1 heterocycles. The highest BCUT2D eigenvalue weighted by Gasteiger charge is 2.27. The minimum Gasteiger partial charge on any atom is -0.394 e. The zero-order valence-corrected chi connectivity index (χ0v) is 6.00. The number of hydrogen-bond donors (Lipinski definition) is 1. The average Bonchev–Trinajstić information content (AvgIpc) is 2.13. The molecule has 0 spiro atoms. The van der Waals surface area contributed by atoms with Gasteiger partial charge < -0.3 is 9.84 Å². The van der Waals surface area contributed by atoms with E-state index in [4.69, 9.17) is 9.84 Å². The normalized spacial score (nSPS) is 43.7. The average molecular weight is 130 g/mol. The maximum Gasteiger partial charge on any atom is 0.0813 e. The van der Waals surface area contributed by atoms with Crippen LogP contribution in [0.3, 0.4) is 0 Å². The van der Waals surface area contributed by atoms with Gasteiger partial charge in [0.05, 0.1) is 18.8 Å². The second-order valence-electron chi connectivity index (χ2n) is 2.86. The fourth-order valence-electron chi connectivity index (χ4n) is 1.22. The first-order valence-corrected chi connectivity index (χ1v) is 3.50. The van der Waals surface area contributed by atoms with E-state index in [0.29, 0.717) is 12.0 Å². The molecule has 0 radical (unpaired) electrons. The minimum atomic E-state index is 0.106. The Kier molecular flexibility index (Phi) is 2.09. The van der Waals surface area contributed by atoms with Crippen molar-refractivity contribution in [3.8, 4) is 0 Å². The number of rotatable bonds is 1. The van der Waals surface area contributed by atoms with Crippen LogP contribution in [0.1, 0.15) is 20.3 Å². The lowest BCUT2D eigenvalue weighted by Crippen LogP contribution is -2.12. The fraction of sp³-hybridized carbons (Fsp3) is 1.00. The number of aliphatic hydroxyl groups excluding tert-OH is 1. The molecule has 2 heteroatoms. The van der Waals surface area contributed by atoms with E-state index in [1.165, 1.54) is 0 Å². The Morgan fingerprint density at radius 1 is 1.56 bits per heavy atom. The van der Waals surface area contributed by atoms with E-state index in [1.54, 1.807) is 0 Å². The van der Waals surface area contributed by atoms with E-state index in [9.17, 15) is 0 Å². The first-order valence-electron chi connectivity index (χ1n) is 3.50. The summed E-state index contributed by atoms with van der Waals surface area (Å²) in [7, 11) is 0. The first-order chi connectivity index (χ1) is 4.24. The summed E-state index contributed by atoms with van der Waals surface area (Å²) in [6.07, 6.45) is 1.45. The standard InChI is InChI=1S/C7H14O2/c1-5-3-7(4-8)9-6(5)2/h5-8H,3-4H2,1-2H3. The second-order valence-corrected chi connectivity index (χ2v) is 2.86. The molecule has 1 saturated heterocycles. The lowest BCUT2D eigenvalue weighted by molar-refractivity contribution is 0.0150. The molecule has 1 aliphatic heterocycles. The van der Waals surface area contributed by atoms with Crippen molar-refractivity contribution in [2.75, 3.05) is 6.61 Å². The number of hydrogen-bond acceptors (Lipinski definition) is 2. The maximum atomic E-state index is 8.68. The monoisotopic (exact) mass is 130 g/mol. The summed E-state index contributed by atoms with van der Waals surface area (Å²) in [5, 5.41) is 8.68. The summed E-state index contributed by atoms with van der Waals surface area (Å²) >= 11 is 0. The summed E-state index contributed by atoms with van der Waals surface area (Å²) in [5.74, 6) is 0.613. The van der Waals surface area contributed by atoms with Gasteiger partial charge in [-0.2, -0.15) is 0 Å². The van der Waals surface area contributed by atoms with E-state index in [1.807, 2.05) is 0 Å². The van der Waals surface area contributed by atoms with Crippen LogP contribution in [-0.2, 0) is 4.74 Å². The Morgan fingerprint density at radius 2 is 2.22 bits per heavy atom. The van der Waals surface area contributed by atoms with Gasteiger partial charge in [-0.15, -0.1) is 0 Å². The lowest BCUT2D eigenvalue weighted by atomic mass is 10.0. The van der Waals surface area contributed by atoms with Gasteiger partial charge in [-0.3, -0.25) is 0 Å². The predicted molar refractivity (Wildman–Crippen MR) is 35.2 cm³/mol. The van der Waals surface area contributed by atoms with Crippen molar-refractivity contribution in [1.29, 1.82) is 0 Å². The van der Waals surface area contributed by atoms with Crippen molar-refractivity contribution in [2.24, 2.45) is 5.92 Å². The van der Waals surface area contributed by atoms with Crippen LogP contribution in [0.25, 0.3) is 0 Å². The Labute approximate surface area is 55.8 Å². The number of ether oxygens (including phenoxy) is 1. The molecule has 3 atom stereocenters. The van der Waals surface area contributed by atoms with Crippen LogP contribution in [0.2, 0.25) is 0 Å². The molecule has 0 amide bonds. The van der Waals surface area contributed by atoms with Crippen molar-refractivity contribution in [1.82, 2.24) is 0 Å². The maximum absolute atomic E-state index is 8.68. The van der Waals surface area contributed by atoms with Gasteiger partial charge in [-0.25, -0.2) is 0 Å². The summed E-state index contributed by atoms with van der Waals surface area (Å²) in [6, 6.07) is 0. The molecule has 0 saturated carbocycles. The van der Waals surface area contributed by atoms with Gasteiger partial charge in [0, 0.05) is 0 Å². The summed E-state index contributed by atoms with van der Waals surface area (Å²) in [6.45, 7) is 4.38. The SMILES string of the molecule is CC1CC(CO)OC1C. The van der Waals surface area contributed by atoms with E-state index in [0.717, 1.165) is 6.42 Å².